The fourth-order valence-electron chi connectivity index (χ4n) is 4.46. The molecule has 30 heavy (non-hydrogen) atoms. The third-order valence-electron chi connectivity index (χ3n) is 6.10. The number of nitrogens with zero attached hydrogens (tertiary/aromatic N) is 1. The molecule has 2 aliphatic rings. The Balaban J connectivity index is 0.00000160. The molecule has 6 nitrogen and oxygen atoms in total. The van der Waals surface area contributed by atoms with Crippen molar-refractivity contribution in [3.05, 3.63) is 59.9 Å². The van der Waals surface area contributed by atoms with Crippen LogP contribution in [0, 0.1) is 11.3 Å². The molecule has 162 valence electrons. The lowest BCUT2D eigenvalue weighted by Crippen LogP contribution is -2.47. The fraction of sp³-hybridized carbons (Fsp3) is 0.409. The average molecular weight is 451 g/mol. The molecule has 1 aliphatic carbocycles. The number of hydrogen-bond acceptors (Lipinski definition) is 4. The van der Waals surface area contributed by atoms with Gasteiger partial charge in [-0.05, 0) is 55.1 Å². The highest BCUT2D eigenvalue weighted by molar-refractivity contribution is 6.04. The van der Waals surface area contributed by atoms with Crippen molar-refractivity contribution in [1.29, 1.82) is 0 Å². The molecule has 2 amide bonds. The summed E-state index contributed by atoms with van der Waals surface area (Å²) in [5.41, 5.74) is 2.09. The van der Waals surface area contributed by atoms with Gasteiger partial charge >= 0.3 is 0 Å². The normalized spacial score (nSPS) is 22.1. The number of carbonyl (C=O) groups is 2. The molecule has 1 saturated heterocycles. The number of hydrogen-bond donors (Lipinski definition) is 3. The molecule has 0 unspecified atom stereocenters. The van der Waals surface area contributed by atoms with Gasteiger partial charge in [0, 0.05) is 36.7 Å². The van der Waals surface area contributed by atoms with Gasteiger partial charge in [-0.3, -0.25) is 14.6 Å². The van der Waals surface area contributed by atoms with Crippen LogP contribution in [-0.4, -0.2) is 29.9 Å². The molecular weight excluding hydrogens is 423 g/mol. The number of rotatable bonds is 5. The maximum atomic E-state index is 12.9. The number of pyridine rings is 1. The molecule has 2 heterocycles. The van der Waals surface area contributed by atoms with E-state index in [2.05, 4.69) is 20.9 Å². The van der Waals surface area contributed by atoms with Gasteiger partial charge < -0.3 is 16.0 Å². The summed E-state index contributed by atoms with van der Waals surface area (Å²) in [5.74, 6) is 0.476. The fourth-order valence-corrected chi connectivity index (χ4v) is 4.46. The minimum Gasteiger partial charge on any atom is -0.351 e. The molecule has 0 radical (unpaired) electrons. The molecule has 2 aromatic rings. The minimum atomic E-state index is -0.225. The van der Waals surface area contributed by atoms with Crippen LogP contribution in [0.2, 0.25) is 0 Å². The Morgan fingerprint density at radius 2 is 1.80 bits per heavy atom. The van der Waals surface area contributed by atoms with E-state index in [1.165, 1.54) is 6.42 Å². The smallest absolute Gasteiger partial charge is 0.255 e. The lowest BCUT2D eigenvalue weighted by Gasteiger charge is -2.37. The molecule has 1 aromatic heterocycles. The molecule has 1 saturated carbocycles. The van der Waals surface area contributed by atoms with Gasteiger partial charge in [0.25, 0.3) is 5.91 Å². The number of carbonyl (C=O) groups excluding carboxylic acids is 2. The largest absolute Gasteiger partial charge is 0.351 e. The molecular formula is C22H28Cl2N4O2. The Hall–Kier alpha value is -2.15. The maximum absolute atomic E-state index is 12.9. The summed E-state index contributed by atoms with van der Waals surface area (Å²) in [7, 11) is 0. The predicted molar refractivity (Wildman–Crippen MR) is 122 cm³/mol. The first-order valence-corrected chi connectivity index (χ1v) is 9.97. The number of halogens is 2. The number of fused-ring (bicyclic) bond motifs is 1. The van der Waals surface area contributed by atoms with Gasteiger partial charge in [-0.2, -0.15) is 0 Å². The third-order valence-corrected chi connectivity index (χ3v) is 6.10. The topological polar surface area (TPSA) is 83.1 Å². The molecule has 1 aliphatic heterocycles. The quantitative estimate of drug-likeness (QED) is 0.649. The molecule has 4 rings (SSSR count). The van der Waals surface area contributed by atoms with Crippen molar-refractivity contribution in [2.75, 3.05) is 18.4 Å². The second-order valence-electron chi connectivity index (χ2n) is 7.80. The number of anilines is 1. The van der Waals surface area contributed by atoms with Gasteiger partial charge in [-0.15, -0.1) is 24.8 Å². The monoisotopic (exact) mass is 450 g/mol. The van der Waals surface area contributed by atoms with Gasteiger partial charge in [0.1, 0.15) is 0 Å². The van der Waals surface area contributed by atoms with E-state index in [0.717, 1.165) is 43.6 Å². The molecule has 3 N–H and O–H groups in total. The van der Waals surface area contributed by atoms with E-state index in [1.807, 2.05) is 24.3 Å². The summed E-state index contributed by atoms with van der Waals surface area (Å²) < 4.78 is 0. The van der Waals surface area contributed by atoms with Gasteiger partial charge in [-0.1, -0.05) is 25.0 Å². The minimum absolute atomic E-state index is 0. The van der Waals surface area contributed by atoms with Crippen molar-refractivity contribution in [2.24, 2.45) is 11.3 Å². The van der Waals surface area contributed by atoms with E-state index in [1.54, 1.807) is 24.5 Å². The second-order valence-corrected chi connectivity index (χ2v) is 7.80. The molecule has 1 aromatic carbocycles. The number of nitrogens with one attached hydrogen (secondary N) is 3. The maximum Gasteiger partial charge on any atom is 0.255 e. The Morgan fingerprint density at radius 1 is 1.07 bits per heavy atom. The highest BCUT2D eigenvalue weighted by Crippen LogP contribution is 2.43. The standard InChI is InChI=1S/C22H26N4O2.2ClH/c27-20(17-8-11-23-12-9-17)26-19-6-4-16(5-7-19)13-25-21(28)22-10-2-1-3-18(22)14-24-15-22;;/h4-9,11-12,18,24H,1-3,10,13-15H2,(H,25,28)(H,26,27);2*1H/t18-,22+;;/m0../s1. The van der Waals surface area contributed by atoms with Crippen LogP contribution >= 0.6 is 24.8 Å². The van der Waals surface area contributed by atoms with Crippen molar-refractivity contribution in [2.45, 2.75) is 32.2 Å². The summed E-state index contributed by atoms with van der Waals surface area (Å²) in [6, 6.07) is 10.9. The van der Waals surface area contributed by atoms with Gasteiger partial charge in [0.2, 0.25) is 5.91 Å². The van der Waals surface area contributed by atoms with Gasteiger partial charge in [-0.25, -0.2) is 0 Å². The first kappa shape index (κ1) is 24.1. The van der Waals surface area contributed by atoms with Crippen LogP contribution in [0.3, 0.4) is 0 Å². The lowest BCUT2D eigenvalue weighted by molar-refractivity contribution is -0.134. The Labute approximate surface area is 189 Å². The van der Waals surface area contributed by atoms with Crippen LogP contribution in [0.1, 0.15) is 41.6 Å². The number of aromatic nitrogens is 1. The zero-order valence-electron chi connectivity index (χ0n) is 16.7. The molecule has 8 heteroatoms. The van der Waals surface area contributed by atoms with Crippen LogP contribution in [0.15, 0.2) is 48.8 Å². The van der Waals surface area contributed by atoms with Crippen molar-refractivity contribution < 1.29 is 9.59 Å². The average Bonchev–Trinajstić information content (AvgIpc) is 3.19. The van der Waals surface area contributed by atoms with E-state index >= 15 is 0 Å². The van der Waals surface area contributed by atoms with Crippen molar-refractivity contribution in [3.63, 3.8) is 0 Å². The Bertz CT molecular complexity index is 848. The summed E-state index contributed by atoms with van der Waals surface area (Å²) in [5, 5.41) is 9.43. The lowest BCUT2D eigenvalue weighted by atomic mass is 9.67. The second kappa shape index (κ2) is 10.8. The van der Waals surface area contributed by atoms with Crippen LogP contribution < -0.4 is 16.0 Å². The zero-order valence-corrected chi connectivity index (χ0v) is 18.4. The zero-order chi connectivity index (χ0) is 19.4. The van der Waals surface area contributed by atoms with E-state index in [0.29, 0.717) is 18.0 Å². The summed E-state index contributed by atoms with van der Waals surface area (Å²) in [4.78, 5) is 29.0. The first-order chi connectivity index (χ1) is 13.7. The van der Waals surface area contributed by atoms with Crippen LogP contribution in [-0.2, 0) is 11.3 Å². The molecule has 2 atom stereocenters. The predicted octanol–water partition coefficient (Wildman–Crippen LogP) is 3.57. The third kappa shape index (κ3) is 5.12. The Morgan fingerprint density at radius 3 is 2.53 bits per heavy atom. The van der Waals surface area contributed by atoms with E-state index in [-0.39, 0.29) is 42.0 Å². The van der Waals surface area contributed by atoms with E-state index in [4.69, 9.17) is 0 Å². The summed E-state index contributed by atoms with van der Waals surface area (Å²) in [6.45, 7) is 2.26. The number of benzene rings is 1. The SMILES string of the molecule is Cl.Cl.O=C(Nc1ccc(CNC(=O)[C@@]23CCCC[C@H]2CNC3)cc1)c1ccncc1. The van der Waals surface area contributed by atoms with Crippen molar-refractivity contribution >= 4 is 42.3 Å². The summed E-state index contributed by atoms with van der Waals surface area (Å²) in [6.07, 6.45) is 7.68. The van der Waals surface area contributed by atoms with Gasteiger partial charge in [0.15, 0.2) is 0 Å². The Kier molecular flexibility index (Phi) is 8.65. The number of amides is 2. The first-order valence-electron chi connectivity index (χ1n) is 9.97. The van der Waals surface area contributed by atoms with Crippen LogP contribution in [0.4, 0.5) is 5.69 Å². The molecule has 0 spiro atoms. The van der Waals surface area contributed by atoms with Crippen LogP contribution in [0.5, 0.6) is 0 Å². The van der Waals surface area contributed by atoms with E-state index < -0.39 is 0 Å². The van der Waals surface area contributed by atoms with Crippen molar-refractivity contribution in [1.82, 2.24) is 15.6 Å². The summed E-state index contributed by atoms with van der Waals surface area (Å²) >= 11 is 0. The highest BCUT2D eigenvalue weighted by atomic mass is 35.5. The highest BCUT2D eigenvalue weighted by Gasteiger charge is 2.49. The molecule has 2 fully saturated rings. The van der Waals surface area contributed by atoms with Crippen LogP contribution in [0.25, 0.3) is 0 Å². The van der Waals surface area contributed by atoms with E-state index in [9.17, 15) is 9.59 Å². The van der Waals surface area contributed by atoms with Gasteiger partial charge in [0.05, 0.1) is 5.41 Å². The van der Waals surface area contributed by atoms with Crippen molar-refractivity contribution in [3.8, 4) is 0 Å². The molecule has 0 bridgehead atoms.